The van der Waals surface area contributed by atoms with E-state index in [4.69, 9.17) is 4.74 Å². The first-order chi connectivity index (χ1) is 15.2. The second-order valence-electron chi connectivity index (χ2n) is 10.7. The van der Waals surface area contributed by atoms with Crippen LogP contribution in [0.4, 0.5) is 4.79 Å². The van der Waals surface area contributed by atoms with Crippen molar-refractivity contribution in [3.63, 3.8) is 0 Å². The first-order valence-electron chi connectivity index (χ1n) is 11.9. The van der Waals surface area contributed by atoms with Gasteiger partial charge in [0.15, 0.2) is 0 Å². The van der Waals surface area contributed by atoms with Crippen LogP contribution in [0.3, 0.4) is 0 Å². The third-order valence-electron chi connectivity index (χ3n) is 5.70. The lowest BCUT2D eigenvalue weighted by Crippen LogP contribution is -2.56. The van der Waals surface area contributed by atoms with Crippen molar-refractivity contribution in [2.45, 2.75) is 105 Å². The molecule has 0 heterocycles. The van der Waals surface area contributed by atoms with Crippen molar-refractivity contribution < 1.29 is 19.1 Å². The number of benzene rings is 1. The van der Waals surface area contributed by atoms with E-state index in [1.54, 1.807) is 25.7 Å². The van der Waals surface area contributed by atoms with Gasteiger partial charge in [-0.15, -0.1) is 0 Å². The number of rotatable bonds is 8. The molecule has 0 saturated heterocycles. The predicted molar refractivity (Wildman–Crippen MR) is 130 cm³/mol. The maximum absolute atomic E-state index is 13.9. The van der Waals surface area contributed by atoms with E-state index in [0.29, 0.717) is 0 Å². The molecule has 3 amide bonds. The van der Waals surface area contributed by atoms with E-state index in [-0.39, 0.29) is 29.8 Å². The van der Waals surface area contributed by atoms with Gasteiger partial charge in [-0.3, -0.25) is 9.59 Å². The number of ether oxygens (including phenoxy) is 1. The topological polar surface area (TPSA) is 87.7 Å². The van der Waals surface area contributed by atoms with Crippen molar-refractivity contribution in [1.82, 2.24) is 15.5 Å². The van der Waals surface area contributed by atoms with Crippen molar-refractivity contribution in [3.05, 3.63) is 34.9 Å². The van der Waals surface area contributed by atoms with Crippen molar-refractivity contribution in [1.29, 1.82) is 0 Å². The van der Waals surface area contributed by atoms with Gasteiger partial charge in [0.2, 0.25) is 11.8 Å². The van der Waals surface area contributed by atoms with E-state index < -0.39 is 23.8 Å². The number of alkyl carbamates (subject to hydrolysis) is 1. The van der Waals surface area contributed by atoms with E-state index in [2.05, 4.69) is 10.6 Å². The monoisotopic (exact) mass is 459 g/mol. The molecule has 2 unspecified atom stereocenters. The largest absolute Gasteiger partial charge is 0.444 e. The van der Waals surface area contributed by atoms with Crippen LogP contribution in [0.1, 0.15) is 84.0 Å². The van der Waals surface area contributed by atoms with Gasteiger partial charge < -0.3 is 20.3 Å². The van der Waals surface area contributed by atoms with E-state index >= 15 is 0 Å². The molecule has 2 N–H and O–H groups in total. The molecule has 1 fully saturated rings. The number of aryl methyl sites for hydroxylation is 1. The average molecular weight is 460 g/mol. The van der Waals surface area contributed by atoms with Crippen LogP contribution in [0, 0.1) is 19.8 Å². The summed E-state index contributed by atoms with van der Waals surface area (Å²) in [6, 6.07) is 4.15. The summed E-state index contributed by atoms with van der Waals surface area (Å²) in [6.45, 7) is 16.9. The Labute approximate surface area is 198 Å². The van der Waals surface area contributed by atoms with E-state index in [1.165, 1.54) is 0 Å². The number of amides is 3. The third kappa shape index (κ3) is 7.21. The fourth-order valence-corrected chi connectivity index (χ4v) is 3.83. The minimum Gasteiger partial charge on any atom is -0.444 e. The van der Waals surface area contributed by atoms with Gasteiger partial charge in [-0.25, -0.2) is 4.79 Å². The minimum atomic E-state index is -0.806. The van der Waals surface area contributed by atoms with Crippen molar-refractivity contribution in [2.24, 2.45) is 5.92 Å². The minimum absolute atomic E-state index is 0.0398. The first-order valence-corrected chi connectivity index (χ1v) is 11.9. The van der Waals surface area contributed by atoms with E-state index in [1.807, 2.05) is 59.7 Å². The van der Waals surface area contributed by atoms with Crippen molar-refractivity contribution in [3.8, 4) is 0 Å². The summed E-state index contributed by atoms with van der Waals surface area (Å²) in [5, 5.41) is 5.77. The number of hydrogen-bond donors (Lipinski definition) is 2. The zero-order valence-corrected chi connectivity index (χ0v) is 21.6. The third-order valence-corrected chi connectivity index (χ3v) is 5.70. The molecule has 1 aliphatic rings. The SMILES string of the molecule is Cc1cccc(C(C(=O)NC(C)C)N(C(=O)C(NC(=O)OC(C)(C)C)C(C)C)C2CC2)c1C. The molecule has 0 aromatic heterocycles. The number of nitrogens with zero attached hydrogens (tertiary/aromatic N) is 1. The Kier molecular flexibility index (Phi) is 8.55. The first kappa shape index (κ1) is 26.7. The fourth-order valence-electron chi connectivity index (χ4n) is 3.83. The molecule has 0 bridgehead atoms. The molecule has 0 spiro atoms. The second kappa shape index (κ2) is 10.6. The van der Waals surface area contributed by atoms with Gasteiger partial charge in [-0.1, -0.05) is 32.0 Å². The Morgan fingerprint density at radius 1 is 1.03 bits per heavy atom. The normalized spacial score (nSPS) is 15.7. The lowest BCUT2D eigenvalue weighted by Gasteiger charge is -2.36. The Balaban J connectivity index is 2.48. The fraction of sp³-hybridized carbons (Fsp3) is 0.654. The van der Waals surface area contributed by atoms with Crippen molar-refractivity contribution in [2.75, 3.05) is 0 Å². The molecule has 1 saturated carbocycles. The average Bonchev–Trinajstić information content (AvgIpc) is 3.49. The Morgan fingerprint density at radius 3 is 2.12 bits per heavy atom. The van der Waals surface area contributed by atoms with Gasteiger partial charge in [0.05, 0.1) is 0 Å². The van der Waals surface area contributed by atoms with Gasteiger partial charge in [0.1, 0.15) is 17.7 Å². The van der Waals surface area contributed by atoms with Gasteiger partial charge in [-0.05, 0) is 83.9 Å². The number of carbonyl (C=O) groups excluding carboxylic acids is 3. The Morgan fingerprint density at radius 2 is 1.64 bits per heavy atom. The van der Waals surface area contributed by atoms with E-state index in [9.17, 15) is 14.4 Å². The van der Waals surface area contributed by atoms with Gasteiger partial charge in [0.25, 0.3) is 0 Å². The van der Waals surface area contributed by atoms with Crippen LogP contribution >= 0.6 is 0 Å². The molecular weight excluding hydrogens is 418 g/mol. The van der Waals surface area contributed by atoms with Crippen LogP contribution < -0.4 is 10.6 Å². The zero-order chi connectivity index (χ0) is 25.1. The molecule has 7 nitrogen and oxygen atoms in total. The Bertz CT molecular complexity index is 869. The molecule has 1 aromatic carbocycles. The van der Waals surface area contributed by atoms with Crippen LogP contribution in [0.2, 0.25) is 0 Å². The highest BCUT2D eigenvalue weighted by Gasteiger charge is 2.45. The summed E-state index contributed by atoms with van der Waals surface area (Å²) < 4.78 is 5.40. The number of nitrogens with one attached hydrogen (secondary N) is 2. The maximum Gasteiger partial charge on any atom is 0.408 e. The highest BCUT2D eigenvalue weighted by molar-refractivity contribution is 5.93. The molecule has 0 aliphatic heterocycles. The molecule has 2 atom stereocenters. The number of hydrogen-bond acceptors (Lipinski definition) is 4. The van der Waals surface area contributed by atoms with Gasteiger partial charge in [0, 0.05) is 12.1 Å². The predicted octanol–water partition coefficient (Wildman–Crippen LogP) is 4.41. The maximum atomic E-state index is 13.9. The molecular formula is C26H41N3O4. The van der Waals surface area contributed by atoms with Crippen LogP contribution in [0.25, 0.3) is 0 Å². The highest BCUT2D eigenvalue weighted by atomic mass is 16.6. The molecule has 184 valence electrons. The summed E-state index contributed by atoms with van der Waals surface area (Å²) in [5.41, 5.74) is 2.18. The molecule has 0 radical (unpaired) electrons. The summed E-state index contributed by atoms with van der Waals surface area (Å²) in [6.07, 6.45) is 1.03. The summed E-state index contributed by atoms with van der Waals surface area (Å²) in [5.74, 6) is -0.652. The van der Waals surface area contributed by atoms with Gasteiger partial charge >= 0.3 is 6.09 Å². The summed E-state index contributed by atoms with van der Waals surface area (Å²) in [4.78, 5) is 41.6. The second-order valence-corrected chi connectivity index (χ2v) is 10.7. The van der Waals surface area contributed by atoms with Crippen LogP contribution in [-0.2, 0) is 14.3 Å². The summed E-state index contributed by atoms with van der Waals surface area (Å²) in [7, 11) is 0. The quantitative estimate of drug-likeness (QED) is 0.603. The zero-order valence-electron chi connectivity index (χ0n) is 21.6. The molecule has 7 heteroatoms. The standard InChI is InChI=1S/C26H41N3O4/c1-15(2)21(28-25(32)33-26(7,8)9)24(31)29(19-13-14-19)22(23(30)27-16(3)4)20-12-10-11-17(5)18(20)6/h10-12,15-16,19,21-22H,13-14H2,1-9H3,(H,27,30)(H,28,32). The van der Waals surface area contributed by atoms with Crippen molar-refractivity contribution >= 4 is 17.9 Å². The van der Waals surface area contributed by atoms with Gasteiger partial charge in [-0.2, -0.15) is 0 Å². The lowest BCUT2D eigenvalue weighted by atomic mass is 9.93. The number of carbonyl (C=O) groups is 3. The Hall–Kier alpha value is -2.57. The highest BCUT2D eigenvalue weighted by Crippen LogP contribution is 2.37. The van der Waals surface area contributed by atoms with Crippen LogP contribution in [0.5, 0.6) is 0 Å². The summed E-state index contributed by atoms with van der Waals surface area (Å²) >= 11 is 0. The van der Waals surface area contributed by atoms with Crippen LogP contribution in [-0.4, -0.2) is 46.5 Å². The molecule has 1 aliphatic carbocycles. The van der Waals surface area contributed by atoms with Crippen LogP contribution in [0.15, 0.2) is 18.2 Å². The molecule has 1 aromatic rings. The lowest BCUT2D eigenvalue weighted by molar-refractivity contribution is -0.144. The molecule has 2 rings (SSSR count). The van der Waals surface area contributed by atoms with E-state index in [0.717, 1.165) is 29.5 Å². The smallest absolute Gasteiger partial charge is 0.408 e. The molecule has 33 heavy (non-hydrogen) atoms.